The molecule has 0 saturated heterocycles. The van der Waals surface area contributed by atoms with Gasteiger partial charge in [0.1, 0.15) is 45.7 Å². The van der Waals surface area contributed by atoms with Crippen molar-refractivity contribution < 1.29 is 37.2 Å². The van der Waals surface area contributed by atoms with Crippen molar-refractivity contribution in [3.05, 3.63) is 461 Å². The average molecular weight is 1980 g/mol. The number of benzene rings is 22. The van der Waals surface area contributed by atoms with Crippen LogP contribution in [0.4, 0.5) is 136 Å². The van der Waals surface area contributed by atoms with Crippen LogP contribution in [0.15, 0.2) is 461 Å². The molecule has 12 aliphatic rings. The highest BCUT2D eigenvalue weighted by atomic mass is 31.2. The van der Waals surface area contributed by atoms with E-state index >= 15 is 18.3 Å². The van der Waals surface area contributed by atoms with Crippen LogP contribution in [-0.2, 0) is 18.3 Å². The molecule has 148 heavy (non-hydrogen) atoms. The van der Waals surface area contributed by atoms with Gasteiger partial charge in [0.15, 0.2) is 51.6 Å². The van der Waals surface area contributed by atoms with E-state index < -0.39 is 28.6 Å². The smallest absolute Gasteiger partial charge is 0.186 e. The standard InChI is InChI=1S/C66H40N4O4P2.C62H36N4O4P2/c71-75-61-49-33-19-34-50(61)69(47-29-15-5-16-30-47)57-60-66-58(59(65(57)75)73-55-36-20-35-51(63(55)75)67(49)45-25-11-3-12-26-45)70(48-31-17-6-18-32-48)53-38-43(41-21-7-1-8-22-41)37-52-62(53)76(66,72)64-54(68(52)46-27-13-4-14-28-46)39-44(40-56(64)74-60)42-23-9-2-10-24-42;67-71-57-45-31-17-33-49(57)69-55-54-62-56(53(61(55)71)65(41-25-9-3-10-26-41)47-35-37-19-13-15-29-43(37)51(59(47)71)63(45)39-21-5-1-6-22-39)70-50-34-18-32-46-58(50)72(62,68)60-48(66(54)42-27-11-4-12-28-42)36-38-20-14-16-30-44(38)52(60)64(46)40-23-7-2-8-24-40/h1-40H;1-36H. The monoisotopic (exact) mass is 1980 g/mol. The predicted octanol–water partition coefficient (Wildman–Crippen LogP) is 30.3. The van der Waals surface area contributed by atoms with E-state index in [4.69, 9.17) is 18.9 Å². The summed E-state index contributed by atoms with van der Waals surface area (Å²) in [6.45, 7) is 0. The van der Waals surface area contributed by atoms with Crippen molar-refractivity contribution in [3.8, 4) is 68.2 Å². The number of para-hydroxylation sites is 8. The molecule has 20 heteroatoms. The van der Waals surface area contributed by atoms with Crippen molar-refractivity contribution in [2.45, 2.75) is 0 Å². The van der Waals surface area contributed by atoms with E-state index in [0.717, 1.165) is 168 Å². The molecule has 0 fully saturated rings. The topological polar surface area (TPSA) is 131 Å². The van der Waals surface area contributed by atoms with Crippen molar-refractivity contribution in [1.29, 1.82) is 0 Å². The Morgan fingerprint density at radius 3 is 0.709 bits per heavy atom. The molecular formula is C128H76N8O8P4. The largest absolute Gasteiger partial charge is 0.453 e. The third-order valence-corrected chi connectivity index (χ3v) is 44.1. The first-order chi connectivity index (χ1) is 73.0. The van der Waals surface area contributed by atoms with Gasteiger partial charge in [0.25, 0.3) is 0 Å². The van der Waals surface area contributed by atoms with Crippen molar-refractivity contribution in [2.75, 3.05) is 39.2 Å². The number of rotatable bonds is 10. The first-order valence-corrected chi connectivity index (χ1v) is 56.4. The Kier molecular flexibility index (Phi) is 16.6. The lowest BCUT2D eigenvalue weighted by Gasteiger charge is -2.52. The summed E-state index contributed by atoms with van der Waals surface area (Å²) in [5.41, 5.74) is 22.5. The highest BCUT2D eigenvalue weighted by molar-refractivity contribution is 7.89. The van der Waals surface area contributed by atoms with E-state index in [2.05, 4.69) is 306 Å². The highest BCUT2D eigenvalue weighted by Gasteiger charge is 2.66. The number of fused-ring (bicyclic) bond motifs is 8. The summed E-state index contributed by atoms with van der Waals surface area (Å²) >= 11 is 0. The van der Waals surface area contributed by atoms with Crippen LogP contribution in [0, 0.1) is 0 Å². The van der Waals surface area contributed by atoms with Crippen molar-refractivity contribution >= 4 is 250 Å². The molecule has 0 N–H and O–H groups in total. The SMILES string of the molecule is O=P12c3c4cccc3N(c3ccccc3)c3c1c(cc1ccccc31)N(c1ccccc1)c1c3c5c(c(c12)O4)N(c1ccccc1)c1cc2ccccc2c2c1P5(=O)c1c(cccc1N2c1ccccc1)O3.O=P12c3c4cccc3N(c3ccccc3)c3cccc(c31)N(c1ccccc1)c1c3c5c(c(c12)O4)N(c1ccccc1)c1cc(-c2ccccc2)cc2c1P5(=O)c1c(cc(-c4ccccc4)cc1N2c1ccccc1)O3. The zero-order valence-corrected chi connectivity index (χ0v) is 82.1. The molecule has 22 aromatic rings. The number of hydrogen-bond acceptors (Lipinski definition) is 16. The first kappa shape index (κ1) is 82.3. The number of nitrogens with zero attached hydrogens (tertiary/aromatic N) is 8. The van der Waals surface area contributed by atoms with E-state index in [0.29, 0.717) is 122 Å². The Balaban J connectivity index is 0.000000129. The summed E-state index contributed by atoms with van der Waals surface area (Å²) in [5, 5.41) is 11.3. The maximum absolute atomic E-state index is 18.5. The van der Waals surface area contributed by atoms with Gasteiger partial charge in [-0.15, -0.1) is 0 Å². The minimum Gasteiger partial charge on any atom is -0.453 e. The molecular weight excluding hydrogens is 1900 g/mol. The summed E-state index contributed by atoms with van der Waals surface area (Å²) in [7, 11) is -16.0. The van der Waals surface area contributed by atoms with Crippen LogP contribution < -0.4 is 122 Å². The van der Waals surface area contributed by atoms with Crippen molar-refractivity contribution in [3.63, 3.8) is 0 Å². The van der Waals surface area contributed by atoms with E-state index in [-0.39, 0.29) is 0 Å². The molecule has 0 aromatic heterocycles. The molecule has 4 unspecified atom stereocenters. The van der Waals surface area contributed by atoms with E-state index in [9.17, 15) is 0 Å². The van der Waals surface area contributed by atoms with Crippen molar-refractivity contribution in [1.82, 2.24) is 0 Å². The van der Waals surface area contributed by atoms with Gasteiger partial charge in [0.2, 0.25) is 0 Å². The molecule has 696 valence electrons. The fourth-order valence-corrected chi connectivity index (χ4v) is 39.9. The van der Waals surface area contributed by atoms with Crippen LogP contribution in [-0.4, -0.2) is 0 Å². The Morgan fingerprint density at radius 1 is 0.149 bits per heavy atom. The second-order valence-corrected chi connectivity index (χ2v) is 49.1. The summed E-state index contributed by atoms with van der Waals surface area (Å²) in [5.74, 6) is 3.57. The molecule has 0 amide bonds. The maximum Gasteiger partial charge on any atom is 0.186 e. The third kappa shape index (κ3) is 10.4. The quantitative estimate of drug-likeness (QED) is 0.120. The summed E-state index contributed by atoms with van der Waals surface area (Å²) in [4.78, 5) is 17.9. The summed E-state index contributed by atoms with van der Waals surface area (Å²) in [6.07, 6.45) is 0. The van der Waals surface area contributed by atoms with Crippen LogP contribution >= 0.6 is 28.6 Å². The van der Waals surface area contributed by atoms with Gasteiger partial charge in [-0.1, -0.05) is 279 Å². The minimum absolute atomic E-state index is 0.392. The molecule has 0 spiro atoms. The van der Waals surface area contributed by atoms with Crippen LogP contribution in [0.25, 0.3) is 43.8 Å². The Bertz CT molecular complexity index is 9660. The van der Waals surface area contributed by atoms with Gasteiger partial charge in [-0.2, -0.15) is 0 Å². The van der Waals surface area contributed by atoms with E-state index in [1.165, 1.54) is 0 Å². The number of anilines is 24. The first-order valence-electron chi connectivity index (χ1n) is 49.6. The second kappa shape index (κ2) is 29.8. The van der Waals surface area contributed by atoms with Crippen LogP contribution in [0.5, 0.6) is 46.0 Å². The summed E-state index contributed by atoms with van der Waals surface area (Å²) in [6, 6.07) is 157. The predicted molar refractivity (Wildman–Crippen MR) is 603 cm³/mol. The molecule has 0 bridgehead atoms. The third-order valence-electron chi connectivity index (χ3n) is 31.3. The van der Waals surface area contributed by atoms with Gasteiger partial charge < -0.3 is 76.4 Å². The normalized spacial score (nSPS) is 18.1. The highest BCUT2D eigenvalue weighted by Crippen LogP contribution is 2.79. The fourth-order valence-electron chi connectivity index (χ4n) is 25.8. The molecule has 0 saturated carbocycles. The maximum atomic E-state index is 18.5. The Morgan fingerprint density at radius 2 is 0.365 bits per heavy atom. The molecule has 22 aromatic carbocycles. The molecule has 12 heterocycles. The van der Waals surface area contributed by atoms with Crippen LogP contribution in [0.1, 0.15) is 0 Å². The van der Waals surface area contributed by atoms with Gasteiger partial charge in [-0.05, 0) is 215 Å². The van der Waals surface area contributed by atoms with Gasteiger partial charge in [-0.3, -0.25) is 0 Å². The van der Waals surface area contributed by atoms with Gasteiger partial charge in [0.05, 0.1) is 132 Å². The van der Waals surface area contributed by atoms with Crippen LogP contribution in [0.3, 0.4) is 0 Å². The van der Waals surface area contributed by atoms with Gasteiger partial charge >= 0.3 is 0 Å². The summed E-state index contributed by atoms with van der Waals surface area (Å²) < 4.78 is 104. The van der Waals surface area contributed by atoms with E-state index in [1.54, 1.807) is 0 Å². The zero-order valence-electron chi connectivity index (χ0n) is 78.5. The minimum atomic E-state index is -4.08. The Hall–Kier alpha value is -18.1. The average Bonchev–Trinajstić information content (AvgIpc) is 0.640. The lowest BCUT2D eigenvalue weighted by molar-refractivity contribution is 0.474. The lowest BCUT2D eigenvalue weighted by atomic mass is 9.99. The van der Waals surface area contributed by atoms with Crippen LogP contribution in [0.2, 0.25) is 0 Å². The molecule has 34 rings (SSSR count). The lowest BCUT2D eigenvalue weighted by Crippen LogP contribution is -2.50. The van der Waals surface area contributed by atoms with Gasteiger partial charge in [-0.25, -0.2) is 0 Å². The van der Waals surface area contributed by atoms with Gasteiger partial charge in [0, 0.05) is 56.3 Å². The fraction of sp³-hybridized carbons (Fsp3) is 0. The number of hydrogen-bond donors (Lipinski definition) is 0. The second-order valence-electron chi connectivity index (χ2n) is 38.9. The van der Waals surface area contributed by atoms with E-state index in [1.807, 2.05) is 194 Å². The molecule has 0 radical (unpaired) electrons. The zero-order chi connectivity index (χ0) is 97.2. The molecule has 0 aliphatic carbocycles. The Labute approximate surface area is 850 Å². The molecule has 12 aliphatic heterocycles. The molecule has 16 nitrogen and oxygen atoms in total. The number of ether oxygens (including phenoxy) is 4. The molecule has 4 atom stereocenters. The van der Waals surface area contributed by atoms with Crippen molar-refractivity contribution in [2.24, 2.45) is 0 Å².